The van der Waals surface area contributed by atoms with Crippen LogP contribution in [0.5, 0.6) is 0 Å². The van der Waals surface area contributed by atoms with Gasteiger partial charge in [-0.2, -0.15) is 0 Å². The van der Waals surface area contributed by atoms with Gasteiger partial charge < -0.3 is 5.32 Å². The Hall–Kier alpha value is -2.07. The average Bonchev–Trinajstić information content (AvgIpc) is 2.52. The van der Waals surface area contributed by atoms with Crippen LogP contribution in [0.15, 0.2) is 48.5 Å². The Balaban J connectivity index is 2.50. The minimum Gasteiger partial charge on any atom is -0.308 e. The van der Waals surface area contributed by atoms with E-state index in [4.69, 9.17) is 0 Å². The molecular formula is C21H30N2OSi. The fourth-order valence-corrected chi connectivity index (χ4v) is 4.55. The monoisotopic (exact) mass is 354 g/mol. The normalized spacial score (nSPS) is 12.0. The minimum absolute atomic E-state index is 0.0354. The standard InChI is InChI=1S/C21H30N2OSi/c1-21(2,3)17-14-11-15-18(25(5,6)7)19(17)23(4)20(24)22-16-12-9-8-10-13-16/h8-15H,1-7H3,(H,22,24). The Morgan fingerprint density at radius 3 is 2.08 bits per heavy atom. The Bertz CT molecular complexity index is 710. The van der Waals surface area contributed by atoms with Crippen LogP contribution < -0.4 is 15.4 Å². The van der Waals surface area contributed by atoms with Crippen molar-refractivity contribution in [3.63, 3.8) is 0 Å². The Labute approximate surface area is 153 Å². The van der Waals surface area contributed by atoms with Gasteiger partial charge in [-0.3, -0.25) is 4.90 Å². The Morgan fingerprint density at radius 2 is 1.56 bits per heavy atom. The van der Waals surface area contributed by atoms with E-state index in [1.54, 1.807) is 4.90 Å². The number of carbonyl (C=O) groups is 1. The van der Waals surface area contributed by atoms with E-state index in [9.17, 15) is 4.79 Å². The summed E-state index contributed by atoms with van der Waals surface area (Å²) in [5.41, 5.74) is 3.04. The molecule has 0 aromatic heterocycles. The van der Waals surface area contributed by atoms with Crippen molar-refractivity contribution in [2.75, 3.05) is 17.3 Å². The molecule has 0 saturated heterocycles. The molecule has 0 bridgehead atoms. The van der Waals surface area contributed by atoms with Crippen LogP contribution in [0.25, 0.3) is 0 Å². The fourth-order valence-electron chi connectivity index (χ4n) is 2.95. The number of para-hydroxylation sites is 2. The summed E-state index contributed by atoms with van der Waals surface area (Å²) in [6, 6.07) is 15.9. The fraction of sp³-hybridized carbons (Fsp3) is 0.381. The molecule has 2 amide bonds. The first-order valence-electron chi connectivity index (χ1n) is 8.75. The first kappa shape index (κ1) is 19.3. The van der Waals surface area contributed by atoms with Crippen LogP contribution in [0, 0.1) is 0 Å². The third-order valence-corrected chi connectivity index (χ3v) is 6.34. The van der Waals surface area contributed by atoms with Crippen molar-refractivity contribution in [1.29, 1.82) is 0 Å². The summed E-state index contributed by atoms with van der Waals surface area (Å²) >= 11 is 0. The SMILES string of the molecule is CN(C(=O)Nc1ccccc1)c1c(C(C)(C)C)cccc1[Si](C)(C)C. The molecule has 0 radical (unpaired) electrons. The number of carbonyl (C=O) groups excluding carboxylic acids is 1. The summed E-state index contributed by atoms with van der Waals surface area (Å²) in [6.45, 7) is 13.6. The summed E-state index contributed by atoms with van der Waals surface area (Å²) in [7, 11) is 0.257. The number of anilines is 2. The van der Waals surface area contributed by atoms with E-state index in [0.717, 1.165) is 11.4 Å². The Kier molecular flexibility index (Phi) is 5.42. The van der Waals surface area contributed by atoms with Gasteiger partial charge in [0.15, 0.2) is 0 Å². The highest BCUT2D eigenvalue weighted by molar-refractivity contribution is 6.89. The summed E-state index contributed by atoms with van der Waals surface area (Å²) in [5, 5.41) is 4.31. The van der Waals surface area contributed by atoms with Crippen LogP contribution in [0.2, 0.25) is 19.6 Å². The van der Waals surface area contributed by atoms with Gasteiger partial charge in [0, 0.05) is 18.4 Å². The molecule has 1 N–H and O–H groups in total. The second kappa shape index (κ2) is 7.04. The van der Waals surface area contributed by atoms with Gasteiger partial charge in [-0.25, -0.2) is 4.79 Å². The molecule has 0 fully saturated rings. The third kappa shape index (κ3) is 4.51. The molecule has 0 aliphatic rings. The van der Waals surface area contributed by atoms with Crippen molar-refractivity contribution in [2.24, 2.45) is 0 Å². The first-order chi connectivity index (χ1) is 11.5. The van der Waals surface area contributed by atoms with Crippen molar-refractivity contribution in [2.45, 2.75) is 45.8 Å². The van der Waals surface area contributed by atoms with Gasteiger partial charge in [0.2, 0.25) is 0 Å². The third-order valence-electron chi connectivity index (χ3n) is 4.32. The molecule has 4 heteroatoms. The number of nitrogens with one attached hydrogen (secondary N) is 1. The van der Waals surface area contributed by atoms with Gasteiger partial charge in [0.1, 0.15) is 0 Å². The lowest BCUT2D eigenvalue weighted by molar-refractivity contribution is 0.258. The highest BCUT2D eigenvalue weighted by Crippen LogP contribution is 2.32. The van der Waals surface area contributed by atoms with Gasteiger partial charge in [0.05, 0.1) is 8.07 Å². The second-order valence-corrected chi connectivity index (χ2v) is 13.6. The molecule has 2 aromatic carbocycles. The molecule has 134 valence electrons. The number of amides is 2. The van der Waals surface area contributed by atoms with E-state index in [1.807, 2.05) is 37.4 Å². The lowest BCUT2D eigenvalue weighted by Gasteiger charge is -2.33. The largest absolute Gasteiger partial charge is 0.326 e. The van der Waals surface area contributed by atoms with Crippen molar-refractivity contribution in [3.05, 3.63) is 54.1 Å². The van der Waals surface area contributed by atoms with Crippen molar-refractivity contribution in [3.8, 4) is 0 Å². The molecule has 0 atom stereocenters. The molecule has 0 saturated carbocycles. The van der Waals surface area contributed by atoms with E-state index in [0.29, 0.717) is 0 Å². The van der Waals surface area contributed by atoms with E-state index < -0.39 is 8.07 Å². The molecule has 0 spiro atoms. The Morgan fingerprint density at radius 1 is 0.960 bits per heavy atom. The highest BCUT2D eigenvalue weighted by Gasteiger charge is 2.30. The number of urea groups is 1. The van der Waals surface area contributed by atoms with Crippen molar-refractivity contribution < 1.29 is 4.79 Å². The summed E-state index contributed by atoms with van der Waals surface area (Å²) in [5.74, 6) is 0. The van der Waals surface area contributed by atoms with Gasteiger partial charge in [-0.1, -0.05) is 76.8 Å². The molecule has 25 heavy (non-hydrogen) atoms. The minimum atomic E-state index is -1.61. The maximum Gasteiger partial charge on any atom is 0.326 e. The smallest absolute Gasteiger partial charge is 0.308 e. The lowest BCUT2D eigenvalue weighted by atomic mass is 9.85. The molecular weight excluding hydrogens is 324 g/mol. The van der Waals surface area contributed by atoms with Gasteiger partial charge in [0.25, 0.3) is 0 Å². The van der Waals surface area contributed by atoms with E-state index in [1.165, 1.54) is 10.8 Å². The van der Waals surface area contributed by atoms with Crippen LogP contribution in [-0.4, -0.2) is 21.2 Å². The summed E-state index contributed by atoms with van der Waals surface area (Å²) < 4.78 is 0. The predicted molar refractivity (Wildman–Crippen MR) is 112 cm³/mol. The highest BCUT2D eigenvalue weighted by atomic mass is 28.3. The van der Waals surface area contributed by atoms with Crippen LogP contribution in [-0.2, 0) is 5.41 Å². The van der Waals surface area contributed by atoms with Crippen LogP contribution in [0.3, 0.4) is 0 Å². The van der Waals surface area contributed by atoms with Crippen LogP contribution in [0.1, 0.15) is 26.3 Å². The van der Waals surface area contributed by atoms with Crippen LogP contribution >= 0.6 is 0 Å². The quantitative estimate of drug-likeness (QED) is 0.755. The van der Waals surface area contributed by atoms with E-state index in [-0.39, 0.29) is 11.4 Å². The molecule has 0 unspecified atom stereocenters. The number of hydrogen-bond acceptors (Lipinski definition) is 1. The molecule has 0 heterocycles. The molecule has 0 aliphatic carbocycles. The van der Waals surface area contributed by atoms with Crippen molar-refractivity contribution in [1.82, 2.24) is 0 Å². The number of nitrogens with zero attached hydrogens (tertiary/aromatic N) is 1. The van der Waals surface area contributed by atoms with Crippen LogP contribution in [0.4, 0.5) is 16.2 Å². The molecule has 2 rings (SSSR count). The average molecular weight is 355 g/mol. The first-order valence-corrected chi connectivity index (χ1v) is 12.3. The van der Waals surface area contributed by atoms with E-state index >= 15 is 0 Å². The van der Waals surface area contributed by atoms with E-state index in [2.05, 4.69) is 63.9 Å². The number of hydrogen-bond donors (Lipinski definition) is 1. The summed E-state index contributed by atoms with van der Waals surface area (Å²) in [4.78, 5) is 14.7. The zero-order valence-electron chi connectivity index (χ0n) is 16.5. The van der Waals surface area contributed by atoms with Crippen molar-refractivity contribution >= 4 is 30.7 Å². The maximum atomic E-state index is 12.9. The topological polar surface area (TPSA) is 32.3 Å². The molecule has 2 aromatic rings. The number of rotatable bonds is 3. The predicted octanol–water partition coefficient (Wildman–Crippen LogP) is 5.20. The molecule has 3 nitrogen and oxygen atoms in total. The zero-order chi connectivity index (χ0) is 18.8. The van der Waals surface area contributed by atoms with Gasteiger partial charge in [-0.05, 0) is 28.3 Å². The van der Waals surface area contributed by atoms with Gasteiger partial charge >= 0.3 is 6.03 Å². The second-order valence-electron chi connectivity index (χ2n) is 8.56. The summed E-state index contributed by atoms with van der Waals surface area (Å²) in [6.07, 6.45) is 0. The lowest BCUT2D eigenvalue weighted by Crippen LogP contribution is -2.45. The number of benzene rings is 2. The maximum absolute atomic E-state index is 12.9. The molecule has 0 aliphatic heterocycles. The zero-order valence-corrected chi connectivity index (χ0v) is 17.5. The van der Waals surface area contributed by atoms with Gasteiger partial charge in [-0.15, -0.1) is 0 Å².